The van der Waals surface area contributed by atoms with Crippen molar-refractivity contribution in [1.82, 2.24) is 4.90 Å². The zero-order chi connectivity index (χ0) is 19.6. The van der Waals surface area contributed by atoms with E-state index in [4.69, 9.17) is 4.74 Å². The lowest BCUT2D eigenvalue weighted by Gasteiger charge is -2.39. The van der Waals surface area contributed by atoms with Crippen molar-refractivity contribution in [1.29, 1.82) is 0 Å². The molecule has 27 heavy (non-hydrogen) atoms. The molecule has 0 aromatic heterocycles. The van der Waals surface area contributed by atoms with Crippen LogP contribution in [0, 0.1) is 13.8 Å². The van der Waals surface area contributed by atoms with Gasteiger partial charge in [-0.1, -0.05) is 42.0 Å². The molecule has 5 heteroatoms. The Hall–Kier alpha value is -2.66. The Labute approximate surface area is 159 Å². The Morgan fingerprint density at radius 3 is 2.67 bits per heavy atom. The second-order valence-corrected chi connectivity index (χ2v) is 7.22. The number of carboxylic acids is 1. The summed E-state index contributed by atoms with van der Waals surface area (Å²) in [5, 5.41) is 9.34. The van der Waals surface area contributed by atoms with E-state index in [0.29, 0.717) is 18.7 Å². The summed E-state index contributed by atoms with van der Waals surface area (Å²) in [6.45, 7) is 6.98. The second kappa shape index (κ2) is 7.92. The molecule has 142 valence electrons. The van der Waals surface area contributed by atoms with Crippen LogP contribution in [0.3, 0.4) is 0 Å². The van der Waals surface area contributed by atoms with Crippen molar-refractivity contribution in [2.24, 2.45) is 0 Å². The molecule has 1 aliphatic heterocycles. The van der Waals surface area contributed by atoms with E-state index in [1.165, 1.54) is 6.07 Å². The summed E-state index contributed by atoms with van der Waals surface area (Å²) in [6, 6.07) is 12.9. The van der Waals surface area contributed by atoms with Crippen LogP contribution in [-0.4, -0.2) is 41.1 Å². The highest BCUT2D eigenvalue weighted by Crippen LogP contribution is 2.28. The molecule has 1 fully saturated rings. The maximum absolute atomic E-state index is 13.0. The van der Waals surface area contributed by atoms with Crippen molar-refractivity contribution in [3.8, 4) is 0 Å². The van der Waals surface area contributed by atoms with Gasteiger partial charge < -0.3 is 14.7 Å². The molecular weight excluding hydrogens is 342 g/mol. The largest absolute Gasteiger partial charge is 0.478 e. The van der Waals surface area contributed by atoms with Gasteiger partial charge in [-0.2, -0.15) is 0 Å². The average molecular weight is 367 g/mol. The molecule has 0 radical (unpaired) electrons. The van der Waals surface area contributed by atoms with Crippen LogP contribution >= 0.6 is 0 Å². The summed E-state index contributed by atoms with van der Waals surface area (Å²) in [6.07, 6.45) is -0.0912. The van der Waals surface area contributed by atoms with Gasteiger partial charge in [0.25, 0.3) is 0 Å². The highest BCUT2D eigenvalue weighted by molar-refractivity contribution is 5.91. The topological polar surface area (TPSA) is 66.8 Å². The molecule has 1 amide bonds. The summed E-state index contributed by atoms with van der Waals surface area (Å²) < 4.78 is 6.02. The van der Waals surface area contributed by atoms with E-state index in [-0.39, 0.29) is 30.0 Å². The van der Waals surface area contributed by atoms with Gasteiger partial charge in [-0.25, -0.2) is 4.79 Å². The number of aromatic carboxylic acids is 1. The van der Waals surface area contributed by atoms with Crippen molar-refractivity contribution in [2.45, 2.75) is 39.3 Å². The lowest BCUT2D eigenvalue weighted by atomic mass is 9.98. The third-order valence-electron chi connectivity index (χ3n) is 5.12. The number of carbonyl (C=O) groups is 2. The van der Waals surface area contributed by atoms with Gasteiger partial charge in [-0.05, 0) is 43.5 Å². The van der Waals surface area contributed by atoms with Crippen LogP contribution in [0.25, 0.3) is 0 Å². The average Bonchev–Trinajstić information content (AvgIpc) is 2.64. The number of nitrogens with zero attached hydrogens (tertiary/aromatic N) is 1. The quantitative estimate of drug-likeness (QED) is 0.898. The van der Waals surface area contributed by atoms with Crippen LogP contribution in [0.15, 0.2) is 42.5 Å². The van der Waals surface area contributed by atoms with Gasteiger partial charge in [-0.3, -0.25) is 4.79 Å². The third kappa shape index (κ3) is 4.19. The fourth-order valence-electron chi connectivity index (χ4n) is 3.55. The Morgan fingerprint density at radius 1 is 1.19 bits per heavy atom. The smallest absolute Gasteiger partial charge is 0.335 e. The minimum Gasteiger partial charge on any atom is -0.478 e. The lowest BCUT2D eigenvalue weighted by Crippen LogP contribution is -2.49. The Kier molecular flexibility index (Phi) is 5.61. The van der Waals surface area contributed by atoms with Crippen LogP contribution < -0.4 is 0 Å². The van der Waals surface area contributed by atoms with E-state index in [1.807, 2.05) is 25.7 Å². The van der Waals surface area contributed by atoms with E-state index < -0.39 is 5.97 Å². The zero-order valence-electron chi connectivity index (χ0n) is 15.9. The van der Waals surface area contributed by atoms with Gasteiger partial charge >= 0.3 is 5.97 Å². The fraction of sp³-hybridized carbons (Fsp3) is 0.364. The molecule has 1 heterocycles. The van der Waals surface area contributed by atoms with E-state index in [9.17, 15) is 14.7 Å². The number of rotatable bonds is 4. The molecule has 1 saturated heterocycles. The number of hydrogen-bond acceptors (Lipinski definition) is 3. The first kappa shape index (κ1) is 19.1. The van der Waals surface area contributed by atoms with E-state index in [2.05, 4.69) is 18.2 Å². The van der Waals surface area contributed by atoms with Gasteiger partial charge in [0, 0.05) is 0 Å². The maximum Gasteiger partial charge on any atom is 0.335 e. The molecule has 3 rings (SSSR count). The van der Waals surface area contributed by atoms with Crippen LogP contribution in [0.1, 0.15) is 45.6 Å². The number of carbonyl (C=O) groups excluding carboxylic acids is 1. The molecule has 0 bridgehead atoms. The highest BCUT2D eigenvalue weighted by Gasteiger charge is 2.31. The fourth-order valence-corrected chi connectivity index (χ4v) is 3.55. The maximum atomic E-state index is 13.0. The van der Waals surface area contributed by atoms with Gasteiger partial charge in [0.05, 0.1) is 31.2 Å². The van der Waals surface area contributed by atoms with Gasteiger partial charge in [-0.15, -0.1) is 0 Å². The molecule has 0 saturated carbocycles. The number of amides is 1. The predicted octanol–water partition coefficient (Wildman–Crippen LogP) is 3.53. The SMILES string of the molecule is Cc1ccc(C)c(C2CN(C(=O)Cc3ccccc3C(=O)O)C(C)CO2)c1. The number of carboxylic acid groups (broad SMARTS) is 1. The normalized spacial score (nSPS) is 19.7. The molecular formula is C22H25NO4. The number of ether oxygens (including phenoxy) is 1. The standard InChI is InChI=1S/C22H25NO4/c1-14-8-9-15(2)19(10-14)20-12-23(16(3)13-27-20)21(24)11-17-6-4-5-7-18(17)22(25)26/h4-10,16,20H,11-13H2,1-3H3,(H,25,26). The van der Waals surface area contributed by atoms with Gasteiger partial charge in [0.2, 0.25) is 5.91 Å². The lowest BCUT2D eigenvalue weighted by molar-refractivity contribution is -0.143. The van der Waals surface area contributed by atoms with Crippen molar-refractivity contribution >= 4 is 11.9 Å². The molecule has 0 spiro atoms. The molecule has 0 aliphatic carbocycles. The molecule has 2 unspecified atom stereocenters. The van der Waals surface area contributed by atoms with Crippen molar-refractivity contribution in [3.63, 3.8) is 0 Å². The molecule has 1 N–H and O–H groups in total. The van der Waals surface area contributed by atoms with Crippen molar-refractivity contribution in [3.05, 3.63) is 70.3 Å². The third-order valence-corrected chi connectivity index (χ3v) is 5.12. The first-order valence-electron chi connectivity index (χ1n) is 9.16. The first-order chi connectivity index (χ1) is 12.9. The van der Waals surface area contributed by atoms with Crippen molar-refractivity contribution in [2.75, 3.05) is 13.2 Å². The molecule has 2 aromatic rings. The first-order valence-corrected chi connectivity index (χ1v) is 9.16. The summed E-state index contributed by atoms with van der Waals surface area (Å²) in [7, 11) is 0. The number of benzene rings is 2. The van der Waals surface area contributed by atoms with Gasteiger partial charge in [0.15, 0.2) is 0 Å². The summed E-state index contributed by atoms with van der Waals surface area (Å²) >= 11 is 0. The molecule has 2 aromatic carbocycles. The Bertz CT molecular complexity index is 861. The van der Waals surface area contributed by atoms with Crippen molar-refractivity contribution < 1.29 is 19.4 Å². The van der Waals surface area contributed by atoms with Crippen LogP contribution in [0.2, 0.25) is 0 Å². The van der Waals surface area contributed by atoms with E-state index >= 15 is 0 Å². The highest BCUT2D eigenvalue weighted by atomic mass is 16.5. The van der Waals surface area contributed by atoms with Gasteiger partial charge in [0.1, 0.15) is 6.10 Å². The molecule has 1 aliphatic rings. The zero-order valence-corrected chi connectivity index (χ0v) is 15.9. The number of hydrogen-bond donors (Lipinski definition) is 1. The number of morpholine rings is 1. The van der Waals surface area contributed by atoms with Crippen LogP contribution in [0.5, 0.6) is 0 Å². The number of aryl methyl sites for hydroxylation is 2. The minimum absolute atomic E-state index is 0.0455. The van der Waals surface area contributed by atoms with Crippen LogP contribution in [0.4, 0.5) is 0 Å². The summed E-state index contributed by atoms with van der Waals surface area (Å²) in [4.78, 5) is 26.2. The van der Waals surface area contributed by atoms with Crippen LogP contribution in [-0.2, 0) is 16.0 Å². The summed E-state index contributed by atoms with van der Waals surface area (Å²) in [5.74, 6) is -1.09. The summed E-state index contributed by atoms with van der Waals surface area (Å²) in [5.41, 5.74) is 4.12. The Morgan fingerprint density at radius 2 is 1.93 bits per heavy atom. The monoisotopic (exact) mass is 367 g/mol. The molecule has 5 nitrogen and oxygen atoms in total. The predicted molar refractivity (Wildman–Crippen MR) is 103 cm³/mol. The molecule has 2 atom stereocenters. The van der Waals surface area contributed by atoms with E-state index in [1.54, 1.807) is 18.2 Å². The second-order valence-electron chi connectivity index (χ2n) is 7.22. The minimum atomic E-state index is -1.01. The van der Waals surface area contributed by atoms with E-state index in [0.717, 1.165) is 16.7 Å². The Balaban J connectivity index is 1.80.